The summed E-state index contributed by atoms with van der Waals surface area (Å²) in [6, 6.07) is 7.53. The molecule has 0 N–H and O–H groups in total. The summed E-state index contributed by atoms with van der Waals surface area (Å²) >= 11 is 0. The predicted molar refractivity (Wildman–Crippen MR) is 52.8 cm³/mol. The highest BCUT2D eigenvalue weighted by Gasteiger charge is 2.26. The number of hydrogen-bond acceptors (Lipinski definition) is 2. The van der Waals surface area contributed by atoms with Gasteiger partial charge in [0.2, 0.25) is 0 Å². The molecule has 0 unspecified atom stereocenters. The van der Waals surface area contributed by atoms with Gasteiger partial charge in [-0.15, -0.1) is 0 Å². The number of nitrogens with zero attached hydrogens (tertiary/aromatic N) is 1. The Morgan fingerprint density at radius 1 is 1.50 bits per heavy atom. The van der Waals surface area contributed by atoms with Crippen molar-refractivity contribution in [3.63, 3.8) is 0 Å². The monoisotopic (exact) mass is 185 g/mol. The van der Waals surface area contributed by atoms with Gasteiger partial charge >= 0.3 is 0 Å². The first-order valence-electron chi connectivity index (χ1n) is 4.58. The van der Waals surface area contributed by atoms with Crippen molar-refractivity contribution in [3.8, 4) is 11.8 Å². The summed E-state index contributed by atoms with van der Waals surface area (Å²) in [7, 11) is 0. The van der Waals surface area contributed by atoms with E-state index in [4.69, 9.17) is 10.00 Å². The highest BCUT2D eigenvalue weighted by molar-refractivity contribution is 5.47. The molecule has 1 aliphatic rings. The Bertz CT molecular complexity index is 401. The summed E-state index contributed by atoms with van der Waals surface area (Å²) in [6.45, 7) is 4.03. The van der Waals surface area contributed by atoms with Gasteiger partial charge in [0, 0.05) is 12.0 Å². The van der Waals surface area contributed by atoms with Crippen LogP contribution >= 0.6 is 0 Å². The molecule has 0 fully saturated rings. The Balaban J connectivity index is 2.40. The fraction of sp³-hybridized carbons (Fsp3) is 0.333. The number of hydrogen-bond donors (Lipinski definition) is 0. The summed E-state index contributed by atoms with van der Waals surface area (Å²) in [6.07, 6.45) is 4.05. The molecule has 1 aromatic rings. The van der Waals surface area contributed by atoms with Gasteiger partial charge in [-0.25, -0.2) is 0 Å². The number of fused-ring (bicyclic) bond motifs is 1. The molecule has 0 saturated heterocycles. The second-order valence-corrected chi connectivity index (χ2v) is 4.04. The lowest BCUT2D eigenvalue weighted by Crippen LogP contribution is -2.31. The zero-order chi connectivity index (χ0) is 10.2. The molecule has 2 heteroatoms. The number of nitriles is 1. The predicted octanol–water partition coefficient (Wildman–Crippen LogP) is 2.55. The molecule has 1 aliphatic heterocycles. The average Bonchev–Trinajstić information content (AvgIpc) is 2.15. The Morgan fingerprint density at radius 3 is 3.00 bits per heavy atom. The third-order valence-corrected chi connectivity index (χ3v) is 2.20. The van der Waals surface area contributed by atoms with Crippen LogP contribution in [0.4, 0.5) is 0 Å². The first-order chi connectivity index (χ1) is 6.61. The van der Waals surface area contributed by atoms with Gasteiger partial charge in [0.1, 0.15) is 11.4 Å². The molecule has 0 aliphatic carbocycles. The summed E-state index contributed by atoms with van der Waals surface area (Å²) < 4.78 is 5.75. The van der Waals surface area contributed by atoms with E-state index >= 15 is 0 Å². The Hall–Kier alpha value is -1.49. The van der Waals surface area contributed by atoms with E-state index in [1.165, 1.54) is 0 Å². The van der Waals surface area contributed by atoms with E-state index in [2.05, 4.69) is 12.5 Å². The van der Waals surface area contributed by atoms with Crippen LogP contribution in [0.5, 0.6) is 5.75 Å². The van der Waals surface area contributed by atoms with Crippen LogP contribution < -0.4 is 4.74 Å². The van der Waals surface area contributed by atoms with Gasteiger partial charge in [-0.2, -0.15) is 5.26 Å². The largest absolute Gasteiger partial charge is 0.487 e. The molecule has 1 aromatic carbocycles. The maximum Gasteiger partial charge on any atom is 0.125 e. The quantitative estimate of drug-likeness (QED) is 0.622. The van der Waals surface area contributed by atoms with E-state index in [1.54, 1.807) is 12.1 Å². The molecule has 2 radical (unpaired) electrons. The zero-order valence-electron chi connectivity index (χ0n) is 8.29. The summed E-state index contributed by atoms with van der Waals surface area (Å²) in [5.41, 5.74) is 1.38. The van der Waals surface area contributed by atoms with E-state index in [0.29, 0.717) is 5.56 Å². The van der Waals surface area contributed by atoms with Crippen molar-refractivity contribution in [1.82, 2.24) is 0 Å². The lowest BCUT2D eigenvalue weighted by molar-refractivity contribution is 0.0987. The molecule has 14 heavy (non-hydrogen) atoms. The maximum atomic E-state index is 8.74. The van der Waals surface area contributed by atoms with E-state index in [-0.39, 0.29) is 5.60 Å². The first kappa shape index (κ1) is 9.08. The van der Waals surface area contributed by atoms with Crippen LogP contribution in [0.15, 0.2) is 18.2 Å². The summed E-state index contributed by atoms with van der Waals surface area (Å²) in [4.78, 5) is 0. The molecule has 0 amide bonds. The van der Waals surface area contributed by atoms with Crippen LogP contribution in [0.1, 0.15) is 31.4 Å². The standard InChI is InChI=1S/C12H11NO/c1-12(2)6-5-10-4-3-9(8-13)7-11(10)14-12/h3-4,7H,6H2,1-2H3. The van der Waals surface area contributed by atoms with E-state index in [1.807, 2.05) is 19.9 Å². The van der Waals surface area contributed by atoms with Crippen molar-refractivity contribution in [2.45, 2.75) is 25.9 Å². The minimum absolute atomic E-state index is 0.207. The number of benzene rings is 1. The highest BCUT2D eigenvalue weighted by Crippen LogP contribution is 2.34. The molecule has 2 rings (SSSR count). The molecular weight excluding hydrogens is 174 g/mol. The molecule has 0 aromatic heterocycles. The van der Waals surface area contributed by atoms with Gasteiger partial charge < -0.3 is 4.74 Å². The molecule has 0 bridgehead atoms. The van der Waals surface area contributed by atoms with Crippen molar-refractivity contribution < 1.29 is 4.74 Å². The molecular formula is C12H11NO. The van der Waals surface area contributed by atoms with Crippen LogP contribution in [0, 0.1) is 17.8 Å². The topological polar surface area (TPSA) is 33.0 Å². The van der Waals surface area contributed by atoms with Gasteiger partial charge in [-0.3, -0.25) is 0 Å². The van der Waals surface area contributed by atoms with Gasteiger partial charge in [0.15, 0.2) is 0 Å². The molecule has 0 saturated carbocycles. The van der Waals surface area contributed by atoms with Gasteiger partial charge in [-0.1, -0.05) is 6.07 Å². The second-order valence-electron chi connectivity index (χ2n) is 4.04. The number of rotatable bonds is 0. The SMILES string of the molecule is CC1(C)C[C]c2ccc(C#N)cc2O1. The van der Waals surface area contributed by atoms with E-state index in [9.17, 15) is 0 Å². The van der Waals surface area contributed by atoms with Crippen molar-refractivity contribution in [2.75, 3.05) is 0 Å². The van der Waals surface area contributed by atoms with Gasteiger partial charge in [-0.05, 0) is 32.4 Å². The van der Waals surface area contributed by atoms with Crippen molar-refractivity contribution in [3.05, 3.63) is 35.7 Å². The number of ether oxygens (including phenoxy) is 1. The van der Waals surface area contributed by atoms with Crippen molar-refractivity contribution in [1.29, 1.82) is 5.26 Å². The Kier molecular flexibility index (Phi) is 1.96. The van der Waals surface area contributed by atoms with Gasteiger partial charge in [0.05, 0.1) is 11.6 Å². The normalized spacial score (nSPS) is 17.8. The van der Waals surface area contributed by atoms with Crippen LogP contribution in [-0.2, 0) is 0 Å². The zero-order valence-corrected chi connectivity index (χ0v) is 8.29. The highest BCUT2D eigenvalue weighted by atomic mass is 16.5. The van der Waals surface area contributed by atoms with Crippen LogP contribution in [0.25, 0.3) is 0 Å². The fourth-order valence-corrected chi connectivity index (χ4v) is 1.46. The summed E-state index contributed by atoms with van der Waals surface area (Å²) in [5, 5.41) is 8.74. The van der Waals surface area contributed by atoms with Crippen molar-refractivity contribution in [2.24, 2.45) is 0 Å². The average molecular weight is 185 g/mol. The molecule has 70 valence electrons. The smallest absolute Gasteiger partial charge is 0.125 e. The van der Waals surface area contributed by atoms with Crippen LogP contribution in [0.2, 0.25) is 0 Å². The minimum atomic E-state index is -0.207. The Morgan fingerprint density at radius 2 is 2.29 bits per heavy atom. The van der Waals surface area contributed by atoms with Crippen molar-refractivity contribution >= 4 is 0 Å². The lowest BCUT2D eigenvalue weighted by atomic mass is 9.94. The molecule has 2 nitrogen and oxygen atoms in total. The summed E-state index contributed by atoms with van der Waals surface area (Å²) in [5.74, 6) is 0.764. The molecule has 0 spiro atoms. The molecule has 0 atom stereocenters. The lowest BCUT2D eigenvalue weighted by Gasteiger charge is -2.32. The second kappa shape index (κ2) is 3.02. The van der Waals surface area contributed by atoms with Gasteiger partial charge in [0.25, 0.3) is 0 Å². The van der Waals surface area contributed by atoms with Crippen LogP contribution in [-0.4, -0.2) is 5.60 Å². The maximum absolute atomic E-state index is 8.74. The molecule has 1 heterocycles. The van der Waals surface area contributed by atoms with Crippen LogP contribution in [0.3, 0.4) is 0 Å². The van der Waals surface area contributed by atoms with E-state index < -0.39 is 0 Å². The minimum Gasteiger partial charge on any atom is -0.487 e. The fourth-order valence-electron chi connectivity index (χ4n) is 1.46. The third-order valence-electron chi connectivity index (χ3n) is 2.20. The van der Waals surface area contributed by atoms with E-state index in [0.717, 1.165) is 17.7 Å². The Labute approximate surface area is 84.1 Å². The first-order valence-corrected chi connectivity index (χ1v) is 4.58. The third kappa shape index (κ3) is 1.58.